The highest BCUT2D eigenvalue weighted by Gasteiger charge is 2.52. The molecular formula is C20H23BrO4. The molecule has 1 spiro atoms. The number of halogens is 1. The minimum Gasteiger partial charge on any atom is -0.447 e. The van der Waals surface area contributed by atoms with Gasteiger partial charge in [-0.05, 0) is 57.6 Å². The third-order valence-electron chi connectivity index (χ3n) is 4.89. The molecule has 0 radical (unpaired) electrons. The second-order valence-corrected chi connectivity index (χ2v) is 9.31. The Labute approximate surface area is 156 Å². The molecule has 0 amide bonds. The quantitative estimate of drug-likeness (QED) is 0.539. The summed E-state index contributed by atoms with van der Waals surface area (Å²) in [5.74, 6) is -0.424. The van der Waals surface area contributed by atoms with Gasteiger partial charge in [0.1, 0.15) is 9.90 Å². The molecule has 1 aliphatic heterocycles. The minimum absolute atomic E-state index is 0.393. The first-order valence-electron chi connectivity index (χ1n) is 8.70. The Kier molecular flexibility index (Phi) is 4.80. The van der Waals surface area contributed by atoms with Crippen molar-refractivity contribution in [2.24, 2.45) is 0 Å². The van der Waals surface area contributed by atoms with Crippen molar-refractivity contribution in [2.75, 3.05) is 0 Å². The van der Waals surface area contributed by atoms with Crippen LogP contribution in [0.5, 0.6) is 0 Å². The van der Waals surface area contributed by atoms with Crippen LogP contribution in [0.2, 0.25) is 0 Å². The van der Waals surface area contributed by atoms with Crippen LogP contribution in [-0.4, -0.2) is 21.9 Å². The van der Waals surface area contributed by atoms with Gasteiger partial charge in [0.05, 0.1) is 0 Å². The summed E-state index contributed by atoms with van der Waals surface area (Å²) in [5, 5.41) is 0. The summed E-state index contributed by atoms with van der Waals surface area (Å²) in [6.07, 6.45) is 4.39. The van der Waals surface area contributed by atoms with E-state index >= 15 is 0 Å². The Bertz CT molecular complexity index is 736. The van der Waals surface area contributed by atoms with Gasteiger partial charge in [-0.3, -0.25) is 4.79 Å². The third kappa shape index (κ3) is 3.39. The van der Waals surface area contributed by atoms with Crippen LogP contribution in [0, 0.1) is 6.92 Å². The van der Waals surface area contributed by atoms with Gasteiger partial charge >= 0.3 is 11.9 Å². The van der Waals surface area contributed by atoms with Crippen molar-refractivity contribution in [3.8, 4) is 0 Å². The molecule has 1 heterocycles. The molecule has 3 rings (SSSR count). The number of carbonyl (C=O) groups is 2. The highest BCUT2D eigenvalue weighted by atomic mass is 79.9. The number of rotatable bonds is 3. The average molecular weight is 407 g/mol. The van der Waals surface area contributed by atoms with Crippen LogP contribution in [-0.2, 0) is 19.1 Å². The van der Waals surface area contributed by atoms with Crippen LogP contribution in [0.15, 0.2) is 30.0 Å². The van der Waals surface area contributed by atoms with E-state index in [-0.39, 0.29) is 0 Å². The molecule has 25 heavy (non-hydrogen) atoms. The second-order valence-electron chi connectivity index (χ2n) is 7.33. The molecule has 0 bridgehead atoms. The third-order valence-corrected chi connectivity index (χ3v) is 5.21. The first-order chi connectivity index (χ1) is 11.7. The number of alkyl halides is 1. The van der Waals surface area contributed by atoms with Crippen molar-refractivity contribution in [3.05, 3.63) is 41.2 Å². The predicted octanol–water partition coefficient (Wildman–Crippen LogP) is 4.68. The van der Waals surface area contributed by atoms with Crippen LogP contribution in [0.3, 0.4) is 0 Å². The normalized spacial score (nSPS) is 19.9. The minimum atomic E-state index is -0.835. The number of hydrogen-bond donors (Lipinski definition) is 0. The van der Waals surface area contributed by atoms with Crippen LogP contribution in [0.1, 0.15) is 57.1 Å². The van der Waals surface area contributed by atoms with E-state index in [1.807, 2.05) is 31.2 Å². The molecule has 0 aromatic heterocycles. The van der Waals surface area contributed by atoms with E-state index in [9.17, 15) is 9.59 Å². The zero-order chi connectivity index (χ0) is 18.2. The van der Waals surface area contributed by atoms with E-state index in [1.54, 1.807) is 13.8 Å². The second kappa shape index (κ2) is 6.60. The Morgan fingerprint density at radius 1 is 1.20 bits per heavy atom. The molecule has 5 heteroatoms. The van der Waals surface area contributed by atoms with Crippen molar-refractivity contribution < 1.29 is 19.1 Å². The molecule has 0 N–H and O–H groups in total. The van der Waals surface area contributed by atoms with Crippen molar-refractivity contribution in [2.45, 2.75) is 62.8 Å². The van der Waals surface area contributed by atoms with Gasteiger partial charge in [-0.25, -0.2) is 4.79 Å². The number of benzene rings is 1. The van der Waals surface area contributed by atoms with E-state index in [0.717, 1.165) is 30.4 Å². The van der Waals surface area contributed by atoms with Crippen molar-refractivity contribution in [3.63, 3.8) is 0 Å². The molecule has 2 aliphatic rings. The van der Waals surface area contributed by atoms with Crippen LogP contribution in [0.25, 0.3) is 5.57 Å². The predicted molar refractivity (Wildman–Crippen MR) is 99.1 cm³/mol. The molecule has 0 unspecified atom stereocenters. The molecule has 1 aromatic rings. The summed E-state index contributed by atoms with van der Waals surface area (Å²) >= 11 is 3.35. The molecule has 0 atom stereocenters. The van der Waals surface area contributed by atoms with Gasteiger partial charge in [0.15, 0.2) is 11.4 Å². The SMILES string of the molecule is Cc1ccccc1C1=C(OC(=O)C(C)(C)Br)C2(CCCCC2)OC1=O. The fourth-order valence-corrected chi connectivity index (χ4v) is 3.57. The fraction of sp³-hybridized carbons (Fsp3) is 0.500. The number of ether oxygens (including phenoxy) is 2. The largest absolute Gasteiger partial charge is 0.447 e. The fourth-order valence-electron chi connectivity index (χ4n) is 3.49. The van der Waals surface area contributed by atoms with Crippen LogP contribution >= 0.6 is 15.9 Å². The maximum Gasteiger partial charge on any atom is 0.343 e. The van der Waals surface area contributed by atoms with Crippen molar-refractivity contribution in [1.29, 1.82) is 0 Å². The lowest BCUT2D eigenvalue weighted by Gasteiger charge is -2.34. The van der Waals surface area contributed by atoms with Gasteiger partial charge in [-0.15, -0.1) is 0 Å². The van der Waals surface area contributed by atoms with Gasteiger partial charge in [0.25, 0.3) is 0 Å². The van der Waals surface area contributed by atoms with Crippen molar-refractivity contribution >= 4 is 33.4 Å². The van der Waals surface area contributed by atoms with Gasteiger partial charge in [0, 0.05) is 0 Å². The summed E-state index contributed by atoms with van der Waals surface area (Å²) in [6, 6.07) is 7.61. The van der Waals surface area contributed by atoms with E-state index < -0.39 is 21.9 Å². The molecule has 134 valence electrons. The maximum atomic E-state index is 12.8. The number of aryl methyl sites for hydroxylation is 1. The molecule has 1 aromatic carbocycles. The number of esters is 2. The van der Waals surface area contributed by atoms with E-state index in [2.05, 4.69) is 15.9 Å². The Morgan fingerprint density at radius 2 is 1.84 bits per heavy atom. The van der Waals surface area contributed by atoms with Crippen LogP contribution < -0.4 is 0 Å². The van der Waals surface area contributed by atoms with Gasteiger partial charge in [-0.2, -0.15) is 0 Å². The van der Waals surface area contributed by atoms with Gasteiger partial charge in [-0.1, -0.05) is 46.6 Å². The molecule has 0 saturated heterocycles. The molecule has 1 saturated carbocycles. The van der Waals surface area contributed by atoms with Gasteiger partial charge in [0.2, 0.25) is 0 Å². The maximum absolute atomic E-state index is 12.8. The Morgan fingerprint density at radius 3 is 2.44 bits per heavy atom. The smallest absolute Gasteiger partial charge is 0.343 e. The molecular weight excluding hydrogens is 384 g/mol. The summed E-state index contributed by atoms with van der Waals surface area (Å²) in [6.45, 7) is 5.40. The van der Waals surface area contributed by atoms with Crippen LogP contribution in [0.4, 0.5) is 0 Å². The number of hydrogen-bond acceptors (Lipinski definition) is 4. The number of carbonyl (C=O) groups excluding carboxylic acids is 2. The lowest BCUT2D eigenvalue weighted by molar-refractivity contribution is -0.156. The van der Waals surface area contributed by atoms with Crippen molar-refractivity contribution in [1.82, 2.24) is 0 Å². The average Bonchev–Trinajstić information content (AvgIpc) is 2.79. The monoisotopic (exact) mass is 406 g/mol. The van der Waals surface area contributed by atoms with E-state index in [4.69, 9.17) is 9.47 Å². The summed E-state index contributed by atoms with van der Waals surface area (Å²) in [4.78, 5) is 25.3. The highest BCUT2D eigenvalue weighted by molar-refractivity contribution is 9.10. The molecule has 4 nitrogen and oxygen atoms in total. The highest BCUT2D eigenvalue weighted by Crippen LogP contribution is 2.47. The Hall–Kier alpha value is -1.62. The first kappa shape index (κ1) is 18.2. The summed E-state index contributed by atoms with van der Waals surface area (Å²) in [5.41, 5.74) is 1.31. The summed E-state index contributed by atoms with van der Waals surface area (Å²) < 4.78 is 10.8. The zero-order valence-corrected chi connectivity index (χ0v) is 16.4. The lowest BCUT2D eigenvalue weighted by atomic mass is 9.82. The lowest BCUT2D eigenvalue weighted by Crippen LogP contribution is -2.38. The summed E-state index contributed by atoms with van der Waals surface area (Å²) in [7, 11) is 0. The van der Waals surface area contributed by atoms with Gasteiger partial charge < -0.3 is 9.47 Å². The Balaban J connectivity index is 2.14. The molecule has 1 aliphatic carbocycles. The topological polar surface area (TPSA) is 52.6 Å². The van der Waals surface area contributed by atoms with E-state index in [0.29, 0.717) is 24.2 Å². The van der Waals surface area contributed by atoms with E-state index in [1.165, 1.54) is 0 Å². The zero-order valence-electron chi connectivity index (χ0n) is 14.9. The molecule has 1 fully saturated rings. The standard InChI is InChI=1S/C20H23BrO4/c1-13-9-5-6-10-14(13)15-16(24-18(23)19(2,3)21)20(25-17(15)22)11-7-4-8-12-20/h5-6,9-10H,4,7-8,11-12H2,1-3H3. The first-order valence-corrected chi connectivity index (χ1v) is 9.49.